The van der Waals surface area contributed by atoms with Gasteiger partial charge in [0.2, 0.25) is 0 Å². The van der Waals surface area contributed by atoms with Crippen LogP contribution in [-0.2, 0) is 0 Å². The van der Waals surface area contributed by atoms with Gasteiger partial charge in [-0.2, -0.15) is 0 Å². The maximum absolute atomic E-state index is 4.46. The number of hydrogen-bond donors (Lipinski definition) is 0. The van der Waals surface area contributed by atoms with E-state index in [0.717, 1.165) is 11.4 Å². The average Bonchev–Trinajstić information content (AvgIpc) is 2.25. The SMILES string of the molecule is CC1=CC=Cc2nc(C)ccc2[CH]1. The summed E-state index contributed by atoms with van der Waals surface area (Å²) in [6.45, 7) is 4.11. The number of nitrogens with zero attached hydrogens (tertiary/aromatic N) is 1. The summed E-state index contributed by atoms with van der Waals surface area (Å²) >= 11 is 0. The molecule has 1 aromatic rings. The van der Waals surface area contributed by atoms with Gasteiger partial charge in [0.05, 0.1) is 5.69 Å². The first-order chi connectivity index (χ1) is 6.25. The Kier molecular flexibility index (Phi) is 2.01. The fraction of sp³-hybridized carbons (Fsp3) is 0.167. The molecule has 0 atom stereocenters. The maximum atomic E-state index is 4.46. The number of aromatic nitrogens is 1. The third-order valence-corrected chi connectivity index (χ3v) is 2.09. The molecule has 0 unspecified atom stereocenters. The average molecular weight is 170 g/mol. The van der Waals surface area contributed by atoms with E-state index in [1.807, 2.05) is 19.1 Å². The van der Waals surface area contributed by atoms with E-state index in [9.17, 15) is 0 Å². The summed E-state index contributed by atoms with van der Waals surface area (Å²) in [6.07, 6.45) is 8.35. The van der Waals surface area contributed by atoms with Crippen LogP contribution < -0.4 is 0 Å². The molecule has 0 bridgehead atoms. The molecule has 0 N–H and O–H groups in total. The second kappa shape index (κ2) is 3.17. The standard InChI is InChI=1S/C12H12N/c1-9-4-3-5-12-11(8-9)7-6-10(2)13-12/h3-8H,1-2H3. The molecule has 65 valence electrons. The fourth-order valence-corrected chi connectivity index (χ4v) is 1.43. The van der Waals surface area contributed by atoms with Crippen LogP contribution in [-0.4, -0.2) is 4.98 Å². The van der Waals surface area contributed by atoms with Gasteiger partial charge in [0.25, 0.3) is 0 Å². The molecule has 1 heterocycles. The van der Waals surface area contributed by atoms with Crippen LogP contribution in [0.3, 0.4) is 0 Å². The third kappa shape index (κ3) is 1.69. The van der Waals surface area contributed by atoms with Crippen molar-refractivity contribution in [3.05, 3.63) is 53.2 Å². The molecular formula is C12H12N. The smallest absolute Gasteiger partial charge is 0.0671 e. The highest BCUT2D eigenvalue weighted by atomic mass is 14.7. The molecule has 0 aromatic carbocycles. The lowest BCUT2D eigenvalue weighted by Gasteiger charge is -2.03. The zero-order chi connectivity index (χ0) is 9.26. The molecule has 0 aliphatic heterocycles. The highest BCUT2D eigenvalue weighted by Gasteiger charge is 2.04. The predicted octanol–water partition coefficient (Wildman–Crippen LogP) is 2.92. The lowest BCUT2D eigenvalue weighted by Crippen LogP contribution is -1.92. The Hall–Kier alpha value is -1.37. The molecule has 0 saturated carbocycles. The van der Waals surface area contributed by atoms with E-state index in [2.05, 4.69) is 36.5 Å². The third-order valence-electron chi connectivity index (χ3n) is 2.09. The Morgan fingerprint density at radius 2 is 2.00 bits per heavy atom. The highest BCUT2D eigenvalue weighted by Crippen LogP contribution is 2.19. The number of hydrogen-bond acceptors (Lipinski definition) is 1. The number of pyridine rings is 1. The van der Waals surface area contributed by atoms with Crippen molar-refractivity contribution in [1.29, 1.82) is 0 Å². The summed E-state index contributed by atoms with van der Waals surface area (Å²) in [6, 6.07) is 4.16. The molecule has 1 nitrogen and oxygen atoms in total. The van der Waals surface area contributed by atoms with Crippen LogP contribution in [0, 0.1) is 13.3 Å². The van der Waals surface area contributed by atoms with Gasteiger partial charge >= 0.3 is 0 Å². The molecule has 1 aliphatic carbocycles. The first-order valence-electron chi connectivity index (χ1n) is 4.43. The molecule has 1 aromatic heterocycles. The zero-order valence-electron chi connectivity index (χ0n) is 7.91. The van der Waals surface area contributed by atoms with Crippen molar-refractivity contribution in [3.8, 4) is 0 Å². The normalized spacial score (nSPS) is 14.8. The molecule has 0 spiro atoms. The minimum Gasteiger partial charge on any atom is -0.253 e. The molecule has 0 fully saturated rings. The Morgan fingerprint density at radius 3 is 2.85 bits per heavy atom. The number of rotatable bonds is 0. The Morgan fingerprint density at radius 1 is 1.15 bits per heavy atom. The van der Waals surface area contributed by atoms with Crippen molar-refractivity contribution in [2.24, 2.45) is 0 Å². The van der Waals surface area contributed by atoms with Crippen molar-refractivity contribution in [2.75, 3.05) is 0 Å². The summed E-state index contributed by atoms with van der Waals surface area (Å²) in [5, 5.41) is 0. The Labute approximate surface area is 78.8 Å². The second-order valence-corrected chi connectivity index (χ2v) is 3.34. The molecule has 1 radical (unpaired) electrons. The number of aryl methyl sites for hydroxylation is 1. The van der Waals surface area contributed by atoms with Gasteiger partial charge < -0.3 is 0 Å². The molecule has 0 saturated heterocycles. The lowest BCUT2D eigenvalue weighted by molar-refractivity contribution is 1.15. The van der Waals surface area contributed by atoms with Crippen molar-refractivity contribution in [1.82, 2.24) is 4.98 Å². The summed E-state index contributed by atoms with van der Waals surface area (Å²) in [5.41, 5.74) is 4.60. The van der Waals surface area contributed by atoms with Crippen LogP contribution in [0.4, 0.5) is 0 Å². The van der Waals surface area contributed by atoms with Crippen LogP contribution >= 0.6 is 0 Å². The minimum absolute atomic E-state index is 1.06. The van der Waals surface area contributed by atoms with Gasteiger partial charge in [-0.25, -0.2) is 0 Å². The van der Waals surface area contributed by atoms with Crippen molar-refractivity contribution >= 4 is 6.08 Å². The predicted molar refractivity (Wildman–Crippen MR) is 55.2 cm³/mol. The van der Waals surface area contributed by atoms with Gasteiger partial charge in [-0.15, -0.1) is 0 Å². The largest absolute Gasteiger partial charge is 0.253 e. The first-order valence-corrected chi connectivity index (χ1v) is 4.43. The molecule has 1 heteroatoms. The van der Waals surface area contributed by atoms with E-state index in [0.29, 0.717) is 0 Å². The maximum Gasteiger partial charge on any atom is 0.0671 e. The summed E-state index contributed by atoms with van der Waals surface area (Å²) < 4.78 is 0. The molecule has 1 aliphatic rings. The summed E-state index contributed by atoms with van der Waals surface area (Å²) in [7, 11) is 0. The van der Waals surface area contributed by atoms with E-state index < -0.39 is 0 Å². The van der Waals surface area contributed by atoms with Gasteiger partial charge in [-0.3, -0.25) is 4.98 Å². The monoisotopic (exact) mass is 170 g/mol. The highest BCUT2D eigenvalue weighted by molar-refractivity contribution is 5.58. The second-order valence-electron chi connectivity index (χ2n) is 3.34. The van der Waals surface area contributed by atoms with Gasteiger partial charge in [-0.05, 0) is 31.6 Å². The van der Waals surface area contributed by atoms with Gasteiger partial charge in [0.1, 0.15) is 0 Å². The van der Waals surface area contributed by atoms with E-state index >= 15 is 0 Å². The Bertz CT molecular complexity index is 386. The molecule has 0 amide bonds. The van der Waals surface area contributed by atoms with Crippen molar-refractivity contribution in [3.63, 3.8) is 0 Å². The minimum atomic E-state index is 1.06. The lowest BCUT2D eigenvalue weighted by atomic mass is 10.1. The molecule has 2 rings (SSSR count). The summed E-state index contributed by atoms with van der Waals surface area (Å²) in [5.74, 6) is 0. The van der Waals surface area contributed by atoms with Crippen LogP contribution in [0.1, 0.15) is 23.9 Å². The van der Waals surface area contributed by atoms with Crippen LogP contribution in [0.5, 0.6) is 0 Å². The Balaban J connectivity index is 2.50. The van der Waals surface area contributed by atoms with E-state index in [1.165, 1.54) is 11.1 Å². The quantitative estimate of drug-likeness (QED) is 0.583. The molecular weight excluding hydrogens is 158 g/mol. The zero-order valence-corrected chi connectivity index (χ0v) is 7.91. The van der Waals surface area contributed by atoms with E-state index in [4.69, 9.17) is 0 Å². The number of fused-ring (bicyclic) bond motifs is 1. The van der Waals surface area contributed by atoms with Crippen LogP contribution in [0.25, 0.3) is 6.08 Å². The van der Waals surface area contributed by atoms with E-state index in [1.54, 1.807) is 0 Å². The first kappa shape index (κ1) is 8.24. The fourth-order valence-electron chi connectivity index (χ4n) is 1.43. The topological polar surface area (TPSA) is 12.9 Å². The van der Waals surface area contributed by atoms with Crippen LogP contribution in [0.15, 0.2) is 29.9 Å². The molecule has 13 heavy (non-hydrogen) atoms. The van der Waals surface area contributed by atoms with E-state index in [-0.39, 0.29) is 0 Å². The van der Waals surface area contributed by atoms with Crippen LogP contribution in [0.2, 0.25) is 0 Å². The van der Waals surface area contributed by atoms with Gasteiger partial charge in [0.15, 0.2) is 0 Å². The van der Waals surface area contributed by atoms with Gasteiger partial charge in [0, 0.05) is 12.1 Å². The summed E-state index contributed by atoms with van der Waals surface area (Å²) in [4.78, 5) is 4.46. The number of allylic oxidation sites excluding steroid dienone is 3. The van der Waals surface area contributed by atoms with Gasteiger partial charge in [-0.1, -0.05) is 23.8 Å². The van der Waals surface area contributed by atoms with Crippen molar-refractivity contribution < 1.29 is 0 Å². The van der Waals surface area contributed by atoms with Crippen molar-refractivity contribution in [2.45, 2.75) is 13.8 Å².